The third kappa shape index (κ3) is 8.59. The van der Waals surface area contributed by atoms with Crippen LogP contribution in [0, 0.1) is 0 Å². The Hall–Kier alpha value is -5.31. The zero-order valence-electron chi connectivity index (χ0n) is 23.8. The Morgan fingerprint density at radius 1 is 0.837 bits per heavy atom. The lowest BCUT2D eigenvalue weighted by Gasteiger charge is -2.23. The van der Waals surface area contributed by atoms with Gasteiger partial charge in [0.05, 0.1) is 11.4 Å². The van der Waals surface area contributed by atoms with Crippen molar-refractivity contribution >= 4 is 23.3 Å². The predicted octanol–water partition coefficient (Wildman–Crippen LogP) is 5.52. The van der Waals surface area contributed by atoms with Crippen LogP contribution in [0.4, 0.5) is 16.2 Å². The number of hydrogen-bond acceptors (Lipinski definition) is 6. The second-order valence-corrected chi connectivity index (χ2v) is 10.2. The van der Waals surface area contributed by atoms with Crippen LogP contribution >= 0.6 is 0 Å². The average Bonchev–Trinajstić information content (AvgIpc) is 3.48. The third-order valence-corrected chi connectivity index (χ3v) is 7.03. The maximum absolute atomic E-state index is 13.3. The van der Waals surface area contributed by atoms with E-state index in [1.54, 1.807) is 47.8 Å². The largest absolute Gasteiger partial charge is 0.459 e. The summed E-state index contributed by atoms with van der Waals surface area (Å²) in [5.41, 5.74) is 10.6. The van der Waals surface area contributed by atoms with Crippen LogP contribution in [0.15, 0.2) is 115 Å². The van der Waals surface area contributed by atoms with Crippen molar-refractivity contribution in [2.24, 2.45) is 0 Å². The molecule has 5 rings (SSSR count). The molecule has 0 fully saturated rings. The Kier molecular flexibility index (Phi) is 9.87. The molecule has 4 N–H and O–H groups in total. The predicted molar refractivity (Wildman–Crippen MR) is 166 cm³/mol. The number of aromatic nitrogens is 1. The zero-order valence-corrected chi connectivity index (χ0v) is 23.8. The van der Waals surface area contributed by atoms with Gasteiger partial charge in [0.1, 0.15) is 12.0 Å². The molecule has 0 saturated carbocycles. The highest BCUT2D eigenvalue weighted by Crippen LogP contribution is 2.21. The fraction of sp³-hybridized carbons (Fsp3) is 0.206. The molecule has 2 heterocycles. The minimum Gasteiger partial charge on any atom is -0.459 e. The van der Waals surface area contributed by atoms with E-state index in [-0.39, 0.29) is 18.2 Å². The minimum absolute atomic E-state index is 0.184. The number of para-hydroxylation sites is 2. The van der Waals surface area contributed by atoms with Crippen molar-refractivity contribution in [3.05, 3.63) is 138 Å². The summed E-state index contributed by atoms with van der Waals surface area (Å²) in [5, 5.41) is 5.85. The van der Waals surface area contributed by atoms with E-state index in [0.717, 1.165) is 16.7 Å². The van der Waals surface area contributed by atoms with Crippen molar-refractivity contribution in [2.45, 2.75) is 32.1 Å². The molecule has 9 nitrogen and oxygen atoms in total. The number of rotatable bonds is 12. The number of ether oxygens (including phenoxy) is 2. The molecule has 1 aliphatic rings. The van der Waals surface area contributed by atoms with E-state index in [9.17, 15) is 9.59 Å². The van der Waals surface area contributed by atoms with Crippen LogP contribution in [0.25, 0.3) is 0 Å². The summed E-state index contributed by atoms with van der Waals surface area (Å²) in [7, 11) is 0. The molecule has 1 unspecified atom stereocenters. The number of benzene rings is 3. The van der Waals surface area contributed by atoms with Crippen LogP contribution in [-0.4, -0.2) is 41.2 Å². The molecule has 9 heteroatoms. The minimum atomic E-state index is -0.361. The molecule has 3 aromatic carbocycles. The number of carbonyl (C=O) groups excluding carboxylic acids is 2. The lowest BCUT2D eigenvalue weighted by molar-refractivity contribution is -0.0314. The first kappa shape index (κ1) is 29.2. The molecular weight excluding hydrogens is 542 g/mol. The SMILES string of the molecule is Nc1ccccc1NC(=O)c1ccc(CN(CCc2ccncc2)C(=O)NCCC2=COC(Cc3ccccc3)O2)cc1. The number of amides is 3. The number of pyridine rings is 1. The van der Waals surface area contributed by atoms with Gasteiger partial charge < -0.3 is 30.7 Å². The van der Waals surface area contributed by atoms with Gasteiger partial charge in [0, 0.05) is 50.4 Å². The normalized spacial score (nSPS) is 13.8. The van der Waals surface area contributed by atoms with Gasteiger partial charge >= 0.3 is 6.03 Å². The number of anilines is 2. The highest BCUT2D eigenvalue weighted by atomic mass is 16.7. The summed E-state index contributed by atoms with van der Waals surface area (Å²) in [5.74, 6) is 0.450. The van der Waals surface area contributed by atoms with Gasteiger partial charge in [0.2, 0.25) is 6.29 Å². The topological polar surface area (TPSA) is 119 Å². The smallest absolute Gasteiger partial charge is 0.317 e. The monoisotopic (exact) mass is 577 g/mol. The maximum atomic E-state index is 13.3. The van der Waals surface area contributed by atoms with Crippen molar-refractivity contribution in [1.82, 2.24) is 15.2 Å². The first-order valence-corrected chi connectivity index (χ1v) is 14.2. The molecule has 0 spiro atoms. The van der Waals surface area contributed by atoms with E-state index in [4.69, 9.17) is 15.2 Å². The Bertz CT molecular complexity index is 1530. The van der Waals surface area contributed by atoms with Gasteiger partial charge in [-0.3, -0.25) is 9.78 Å². The van der Waals surface area contributed by atoms with E-state index >= 15 is 0 Å². The van der Waals surface area contributed by atoms with Crippen molar-refractivity contribution in [3.8, 4) is 0 Å². The zero-order chi connectivity index (χ0) is 29.9. The van der Waals surface area contributed by atoms with Gasteiger partial charge in [0.15, 0.2) is 0 Å². The lowest BCUT2D eigenvalue weighted by atomic mass is 10.1. The second kappa shape index (κ2) is 14.5. The van der Waals surface area contributed by atoms with E-state index in [0.29, 0.717) is 61.6 Å². The molecule has 1 aliphatic heterocycles. The Balaban J connectivity index is 1.15. The summed E-state index contributed by atoms with van der Waals surface area (Å²) in [6.07, 6.45) is 6.61. The molecule has 3 amide bonds. The van der Waals surface area contributed by atoms with Crippen LogP contribution in [0.5, 0.6) is 0 Å². The first-order chi connectivity index (χ1) is 21.0. The third-order valence-electron chi connectivity index (χ3n) is 7.03. The summed E-state index contributed by atoms with van der Waals surface area (Å²) in [6, 6.07) is 28.1. The molecule has 1 atom stereocenters. The van der Waals surface area contributed by atoms with Gasteiger partial charge in [-0.2, -0.15) is 0 Å². The number of nitrogens with one attached hydrogen (secondary N) is 2. The van der Waals surface area contributed by atoms with Crippen LogP contribution in [0.1, 0.15) is 33.5 Å². The molecule has 1 aromatic heterocycles. The Morgan fingerprint density at radius 3 is 2.35 bits per heavy atom. The van der Waals surface area contributed by atoms with E-state index < -0.39 is 0 Å². The quantitative estimate of drug-likeness (QED) is 0.191. The summed E-state index contributed by atoms with van der Waals surface area (Å²) >= 11 is 0. The number of urea groups is 1. The van der Waals surface area contributed by atoms with Crippen LogP contribution in [0.2, 0.25) is 0 Å². The lowest BCUT2D eigenvalue weighted by Crippen LogP contribution is -2.41. The number of carbonyl (C=O) groups is 2. The second-order valence-electron chi connectivity index (χ2n) is 10.2. The Morgan fingerprint density at radius 2 is 1.58 bits per heavy atom. The molecule has 0 bridgehead atoms. The van der Waals surface area contributed by atoms with Gasteiger partial charge in [-0.15, -0.1) is 0 Å². The molecule has 0 aliphatic carbocycles. The van der Waals surface area contributed by atoms with Gasteiger partial charge in [-0.05, 0) is 59.5 Å². The number of hydrogen-bond donors (Lipinski definition) is 3. The van der Waals surface area contributed by atoms with Crippen molar-refractivity contribution in [3.63, 3.8) is 0 Å². The fourth-order valence-electron chi connectivity index (χ4n) is 4.65. The van der Waals surface area contributed by atoms with E-state index in [1.165, 1.54) is 0 Å². The number of nitrogens with two attached hydrogens (primary N) is 1. The molecule has 0 saturated heterocycles. The van der Waals surface area contributed by atoms with Crippen molar-refractivity contribution in [2.75, 3.05) is 24.1 Å². The number of nitrogen functional groups attached to an aromatic ring is 1. The van der Waals surface area contributed by atoms with Gasteiger partial charge in [0.25, 0.3) is 5.91 Å². The molecule has 4 aromatic rings. The van der Waals surface area contributed by atoms with Gasteiger partial charge in [-0.1, -0.05) is 54.6 Å². The fourth-order valence-corrected chi connectivity index (χ4v) is 4.65. The molecule has 43 heavy (non-hydrogen) atoms. The van der Waals surface area contributed by atoms with Crippen LogP contribution in [-0.2, 0) is 28.9 Å². The summed E-state index contributed by atoms with van der Waals surface area (Å²) < 4.78 is 11.6. The van der Waals surface area contributed by atoms with Gasteiger partial charge in [-0.25, -0.2) is 4.79 Å². The summed E-state index contributed by atoms with van der Waals surface area (Å²) in [4.78, 5) is 31.9. The molecule has 220 valence electrons. The van der Waals surface area contributed by atoms with Crippen LogP contribution < -0.4 is 16.4 Å². The van der Waals surface area contributed by atoms with Crippen molar-refractivity contribution < 1.29 is 19.1 Å². The van der Waals surface area contributed by atoms with E-state index in [1.807, 2.05) is 66.7 Å². The highest BCUT2D eigenvalue weighted by Gasteiger charge is 2.21. The highest BCUT2D eigenvalue weighted by molar-refractivity contribution is 6.05. The standard InChI is InChI=1S/C34H35N5O4/c35-30-8-4-5-9-31(30)38-33(40)28-12-10-27(11-13-28)23-39(21-17-25-14-18-36-19-15-25)34(41)37-20-16-29-24-42-32(43-29)22-26-6-2-1-3-7-26/h1-15,18-19,24,32H,16-17,20-23,35H2,(H,37,41)(H,38,40). The van der Waals surface area contributed by atoms with E-state index in [2.05, 4.69) is 15.6 Å². The Labute approximate surface area is 251 Å². The summed E-state index contributed by atoms with van der Waals surface area (Å²) in [6.45, 7) is 1.29. The maximum Gasteiger partial charge on any atom is 0.317 e. The average molecular weight is 578 g/mol. The molecular formula is C34H35N5O4. The molecule has 0 radical (unpaired) electrons. The first-order valence-electron chi connectivity index (χ1n) is 14.2. The van der Waals surface area contributed by atoms with Crippen LogP contribution in [0.3, 0.4) is 0 Å². The number of nitrogens with zero attached hydrogens (tertiary/aromatic N) is 2. The van der Waals surface area contributed by atoms with Crippen molar-refractivity contribution in [1.29, 1.82) is 0 Å².